The Morgan fingerprint density at radius 3 is 2.39 bits per heavy atom. The Morgan fingerprint density at radius 2 is 1.89 bits per heavy atom. The van der Waals surface area contributed by atoms with Crippen molar-refractivity contribution in [3.05, 3.63) is 0 Å². The molecule has 1 aliphatic heterocycles. The van der Waals surface area contributed by atoms with Crippen LogP contribution in [0.2, 0.25) is 0 Å². The first-order valence-electron chi connectivity index (χ1n) is 7.24. The summed E-state index contributed by atoms with van der Waals surface area (Å²) >= 11 is 0. The first kappa shape index (κ1) is 15.3. The Morgan fingerprint density at radius 1 is 1.28 bits per heavy atom. The molecule has 0 amide bonds. The lowest BCUT2D eigenvalue weighted by atomic mass is 9.98. The molecule has 4 heteroatoms. The van der Waals surface area contributed by atoms with E-state index in [-0.39, 0.29) is 0 Å². The van der Waals surface area contributed by atoms with Crippen LogP contribution in [0.25, 0.3) is 0 Å². The molecule has 0 bridgehead atoms. The Balaban J connectivity index is 2.29. The molecule has 1 aliphatic rings. The van der Waals surface area contributed by atoms with Crippen molar-refractivity contribution >= 4 is 5.96 Å². The summed E-state index contributed by atoms with van der Waals surface area (Å²) < 4.78 is 0. The van der Waals surface area contributed by atoms with Crippen molar-refractivity contribution in [2.75, 3.05) is 26.7 Å². The number of likely N-dealkylation sites (tertiary alicyclic amines) is 1. The van der Waals surface area contributed by atoms with Gasteiger partial charge in [-0.25, -0.2) is 0 Å². The fourth-order valence-electron chi connectivity index (χ4n) is 2.31. The fraction of sp³-hybridized carbons (Fsp3) is 0.929. The minimum absolute atomic E-state index is 0.419. The molecule has 4 nitrogen and oxygen atoms in total. The van der Waals surface area contributed by atoms with Gasteiger partial charge in [-0.2, -0.15) is 0 Å². The van der Waals surface area contributed by atoms with Gasteiger partial charge in [0.2, 0.25) is 0 Å². The predicted octanol–water partition coefficient (Wildman–Crippen LogP) is 1.68. The van der Waals surface area contributed by atoms with Crippen molar-refractivity contribution in [2.45, 2.75) is 52.6 Å². The number of rotatable bonds is 4. The second-order valence-electron chi connectivity index (χ2n) is 5.82. The van der Waals surface area contributed by atoms with E-state index in [4.69, 9.17) is 0 Å². The summed E-state index contributed by atoms with van der Waals surface area (Å²) in [5.41, 5.74) is 0. The largest absolute Gasteiger partial charge is 0.355 e. The van der Waals surface area contributed by atoms with Gasteiger partial charge in [0.1, 0.15) is 0 Å². The molecule has 2 N–H and O–H groups in total. The molecule has 106 valence electrons. The van der Waals surface area contributed by atoms with E-state index in [2.05, 4.69) is 48.2 Å². The maximum absolute atomic E-state index is 4.23. The van der Waals surface area contributed by atoms with Crippen LogP contribution in [0.15, 0.2) is 4.99 Å². The molecule has 1 rings (SSSR count). The molecule has 1 saturated heterocycles. The smallest absolute Gasteiger partial charge is 0.191 e. The zero-order valence-corrected chi connectivity index (χ0v) is 12.7. The maximum Gasteiger partial charge on any atom is 0.191 e. The number of piperidine rings is 1. The highest BCUT2D eigenvalue weighted by Crippen LogP contribution is 2.17. The summed E-state index contributed by atoms with van der Waals surface area (Å²) in [4.78, 5) is 6.81. The standard InChI is InChI=1S/C14H30N4/c1-11(2)17-14(15-5)16-10-13(4)18-8-6-12(3)7-9-18/h11-13H,6-10H2,1-5H3,(H2,15,16,17). The van der Waals surface area contributed by atoms with Crippen LogP contribution in [-0.2, 0) is 0 Å². The van der Waals surface area contributed by atoms with E-state index >= 15 is 0 Å². The Labute approximate surface area is 112 Å². The van der Waals surface area contributed by atoms with E-state index in [1.165, 1.54) is 25.9 Å². The van der Waals surface area contributed by atoms with Gasteiger partial charge in [0.05, 0.1) is 0 Å². The third kappa shape index (κ3) is 5.25. The lowest BCUT2D eigenvalue weighted by Crippen LogP contribution is -2.49. The van der Waals surface area contributed by atoms with Crippen LogP contribution in [0.3, 0.4) is 0 Å². The average Bonchev–Trinajstić information content (AvgIpc) is 2.34. The van der Waals surface area contributed by atoms with E-state index in [1.807, 2.05) is 7.05 Å². The number of guanidine groups is 1. The van der Waals surface area contributed by atoms with Gasteiger partial charge >= 0.3 is 0 Å². The van der Waals surface area contributed by atoms with Crippen LogP contribution >= 0.6 is 0 Å². The van der Waals surface area contributed by atoms with Crippen LogP contribution in [0, 0.1) is 5.92 Å². The minimum Gasteiger partial charge on any atom is -0.355 e. The summed E-state index contributed by atoms with van der Waals surface area (Å²) in [6, 6.07) is 0.991. The highest BCUT2D eigenvalue weighted by atomic mass is 15.2. The summed E-state index contributed by atoms with van der Waals surface area (Å²) in [6.07, 6.45) is 2.67. The topological polar surface area (TPSA) is 39.7 Å². The molecule has 0 saturated carbocycles. The average molecular weight is 254 g/mol. The Hall–Kier alpha value is -0.770. The van der Waals surface area contributed by atoms with Crippen molar-refractivity contribution in [3.8, 4) is 0 Å². The highest BCUT2D eigenvalue weighted by molar-refractivity contribution is 5.79. The molecule has 1 unspecified atom stereocenters. The molecular weight excluding hydrogens is 224 g/mol. The summed E-state index contributed by atoms with van der Waals surface area (Å²) in [7, 11) is 1.82. The first-order chi connectivity index (χ1) is 8.52. The number of nitrogens with one attached hydrogen (secondary N) is 2. The molecule has 1 heterocycles. The van der Waals surface area contributed by atoms with E-state index in [0.717, 1.165) is 18.4 Å². The van der Waals surface area contributed by atoms with Gasteiger partial charge in [-0.3, -0.25) is 9.89 Å². The Kier molecular flexibility index (Phi) is 6.47. The normalized spacial score (nSPS) is 21.1. The maximum atomic E-state index is 4.23. The summed E-state index contributed by atoms with van der Waals surface area (Å²) in [5, 5.41) is 6.72. The molecule has 0 radical (unpaired) electrons. The number of hydrogen-bond donors (Lipinski definition) is 2. The third-order valence-corrected chi connectivity index (χ3v) is 3.66. The van der Waals surface area contributed by atoms with Crippen LogP contribution in [0.5, 0.6) is 0 Å². The van der Waals surface area contributed by atoms with E-state index < -0.39 is 0 Å². The fourth-order valence-corrected chi connectivity index (χ4v) is 2.31. The van der Waals surface area contributed by atoms with Crippen LogP contribution in [0.1, 0.15) is 40.5 Å². The summed E-state index contributed by atoms with van der Waals surface area (Å²) in [6.45, 7) is 12.3. The second kappa shape index (κ2) is 7.62. The zero-order valence-electron chi connectivity index (χ0n) is 12.7. The van der Waals surface area contributed by atoms with E-state index in [1.54, 1.807) is 0 Å². The first-order valence-corrected chi connectivity index (χ1v) is 7.24. The van der Waals surface area contributed by atoms with Crippen molar-refractivity contribution in [1.82, 2.24) is 15.5 Å². The molecule has 18 heavy (non-hydrogen) atoms. The van der Waals surface area contributed by atoms with Crippen molar-refractivity contribution in [1.29, 1.82) is 0 Å². The van der Waals surface area contributed by atoms with Gasteiger partial charge in [-0.05, 0) is 52.6 Å². The van der Waals surface area contributed by atoms with Gasteiger partial charge in [0.15, 0.2) is 5.96 Å². The number of nitrogens with zero attached hydrogens (tertiary/aromatic N) is 2. The van der Waals surface area contributed by atoms with Gasteiger partial charge < -0.3 is 10.6 Å². The molecule has 0 aromatic heterocycles. The van der Waals surface area contributed by atoms with Crippen LogP contribution in [-0.4, -0.2) is 49.6 Å². The van der Waals surface area contributed by atoms with Crippen molar-refractivity contribution < 1.29 is 0 Å². The van der Waals surface area contributed by atoms with Crippen molar-refractivity contribution in [2.24, 2.45) is 10.9 Å². The Bertz CT molecular complexity index is 255. The molecule has 0 spiro atoms. The van der Waals surface area contributed by atoms with Crippen LogP contribution in [0.4, 0.5) is 0 Å². The van der Waals surface area contributed by atoms with Crippen molar-refractivity contribution in [3.63, 3.8) is 0 Å². The van der Waals surface area contributed by atoms with Gasteiger partial charge in [-0.1, -0.05) is 6.92 Å². The molecular formula is C14H30N4. The van der Waals surface area contributed by atoms with Crippen LogP contribution < -0.4 is 10.6 Å². The summed E-state index contributed by atoms with van der Waals surface area (Å²) in [5.74, 6) is 1.80. The molecule has 1 atom stereocenters. The lowest BCUT2D eigenvalue weighted by molar-refractivity contribution is 0.147. The number of aliphatic imine (C=N–C) groups is 1. The lowest BCUT2D eigenvalue weighted by Gasteiger charge is -2.35. The molecule has 0 aliphatic carbocycles. The SMILES string of the molecule is CN=C(NCC(C)N1CCC(C)CC1)NC(C)C. The monoisotopic (exact) mass is 254 g/mol. The molecule has 0 aromatic carbocycles. The second-order valence-corrected chi connectivity index (χ2v) is 5.82. The minimum atomic E-state index is 0.419. The quantitative estimate of drug-likeness (QED) is 0.592. The van der Waals surface area contributed by atoms with Gasteiger partial charge in [0.25, 0.3) is 0 Å². The van der Waals surface area contributed by atoms with E-state index in [0.29, 0.717) is 12.1 Å². The van der Waals surface area contributed by atoms with Gasteiger partial charge in [-0.15, -0.1) is 0 Å². The predicted molar refractivity (Wildman–Crippen MR) is 79.1 cm³/mol. The number of hydrogen-bond acceptors (Lipinski definition) is 2. The third-order valence-electron chi connectivity index (χ3n) is 3.66. The molecule has 1 fully saturated rings. The van der Waals surface area contributed by atoms with Gasteiger partial charge in [0, 0.05) is 25.7 Å². The zero-order chi connectivity index (χ0) is 13.5. The van der Waals surface area contributed by atoms with E-state index in [9.17, 15) is 0 Å². The molecule has 0 aromatic rings. The highest BCUT2D eigenvalue weighted by Gasteiger charge is 2.20.